The molecule has 0 amide bonds. The number of ether oxygens (including phenoxy) is 6. The average Bonchev–Trinajstić information content (AvgIpc) is 4.05. The van der Waals surface area contributed by atoms with Gasteiger partial charge in [0, 0.05) is 0 Å². The van der Waals surface area contributed by atoms with Crippen LogP contribution in [0.15, 0.2) is 0 Å². The minimum Gasteiger partial charge on any atom is -0.469 e. The molecule has 8 rings (SSSR count). The first-order valence-electron chi connectivity index (χ1n) is 18.6. The normalized spacial score (nSPS) is 37.6. The van der Waals surface area contributed by atoms with Gasteiger partial charge in [-0.2, -0.15) is 0 Å². The zero-order valence-electron chi connectivity index (χ0n) is 30.7. The molecule has 0 N–H and O–H groups in total. The molecule has 9 nitrogen and oxygen atoms in total. The summed E-state index contributed by atoms with van der Waals surface area (Å²) in [6.45, 7) is 14.6. The van der Waals surface area contributed by atoms with E-state index in [0.29, 0.717) is 6.61 Å². The van der Waals surface area contributed by atoms with Crippen LogP contribution in [0.4, 0.5) is 0 Å². The number of fused-ring (bicyclic) bond motifs is 12. The third-order valence-electron chi connectivity index (χ3n) is 12.3. The molecule has 5 aliphatic carbocycles. The van der Waals surface area contributed by atoms with Crippen molar-refractivity contribution in [2.45, 2.75) is 143 Å². The van der Waals surface area contributed by atoms with Crippen LogP contribution in [0.1, 0.15) is 113 Å². The minimum atomic E-state index is -0.311. The van der Waals surface area contributed by atoms with Gasteiger partial charge >= 0.3 is 17.9 Å². The highest BCUT2D eigenvalue weighted by Gasteiger charge is 2.64. The molecule has 3 aliphatic heterocycles. The van der Waals surface area contributed by atoms with Gasteiger partial charge in [-0.05, 0) is 114 Å². The Bertz CT molecular complexity index is 1030. The Hall–Kier alpha value is -1.71. The van der Waals surface area contributed by atoms with E-state index < -0.39 is 0 Å². The van der Waals surface area contributed by atoms with Crippen LogP contribution in [0, 0.1) is 52.8 Å². The summed E-state index contributed by atoms with van der Waals surface area (Å²) in [6.07, 6.45) is 16.1. The Kier molecular flexibility index (Phi) is 13.6. The van der Waals surface area contributed by atoms with E-state index >= 15 is 0 Å². The second kappa shape index (κ2) is 16.8. The highest BCUT2D eigenvalue weighted by atomic mass is 16.6. The first-order valence-corrected chi connectivity index (χ1v) is 18.6. The standard InChI is InChI=1S/C10H14O.C8H14O3.C7H14O2.C7H10O.C6H12O2/c1-2-6-3-5(1)7-4-8-10(11-8)9(6)7;1-3-6(2)8(9)11-5-7-4-10-7;1-5-7(2,3)6(8)9-4;1-2-5-3-4(1)6-7(5)8-6;1-4-5(2)6(7)8-3/h5-10H,1-4H2;6-7H,3-5H2,1-2H3;5H2,1-4H3;4-7H,1-3H2;5H,4H2,1-3H3. The maximum Gasteiger partial charge on any atom is 0.311 e. The summed E-state index contributed by atoms with van der Waals surface area (Å²) in [5, 5.41) is 0. The topological polar surface area (TPSA) is 116 Å². The number of rotatable bonds is 8. The molecule has 0 spiro atoms. The zero-order valence-corrected chi connectivity index (χ0v) is 30.7. The summed E-state index contributed by atoms with van der Waals surface area (Å²) in [6, 6.07) is 0. The van der Waals surface area contributed by atoms with Gasteiger partial charge in [0.1, 0.15) is 12.7 Å². The van der Waals surface area contributed by atoms with Crippen molar-refractivity contribution in [1.29, 1.82) is 0 Å². The molecular formula is C38H64O9. The molecule has 47 heavy (non-hydrogen) atoms. The van der Waals surface area contributed by atoms with Crippen molar-refractivity contribution in [3.8, 4) is 0 Å². The van der Waals surface area contributed by atoms with Gasteiger partial charge in [-0.25, -0.2) is 0 Å². The van der Waals surface area contributed by atoms with Crippen LogP contribution in [-0.2, 0) is 42.8 Å². The second-order valence-electron chi connectivity index (χ2n) is 15.8. The molecule has 13 atom stereocenters. The third kappa shape index (κ3) is 9.94. The van der Waals surface area contributed by atoms with E-state index in [9.17, 15) is 14.4 Å². The molecule has 270 valence electrons. The first kappa shape index (κ1) is 38.1. The minimum absolute atomic E-state index is 0.0220. The van der Waals surface area contributed by atoms with Gasteiger partial charge in [0.05, 0.1) is 62.5 Å². The largest absolute Gasteiger partial charge is 0.469 e. The second-order valence-corrected chi connectivity index (χ2v) is 15.8. The Morgan fingerprint density at radius 2 is 1.30 bits per heavy atom. The number of methoxy groups -OCH3 is 2. The number of hydrogen-bond acceptors (Lipinski definition) is 9. The Labute approximate surface area is 283 Å². The van der Waals surface area contributed by atoms with E-state index in [2.05, 4.69) is 9.47 Å². The number of carbonyl (C=O) groups is 3. The maximum absolute atomic E-state index is 11.0. The average molecular weight is 665 g/mol. The molecule has 3 saturated heterocycles. The SMILES string of the molecule is C1CC2CC1C1CC3OC3C21.C1CC2CC1C1OC21.CCC(C)(C)C(=O)OC.CCC(C)C(=O)OC.CCC(C)C(=O)OCC1CO1. The van der Waals surface area contributed by atoms with E-state index in [1.54, 1.807) is 12.8 Å². The molecule has 8 fully saturated rings. The van der Waals surface area contributed by atoms with E-state index in [1.165, 1.54) is 46.3 Å². The van der Waals surface area contributed by atoms with E-state index in [1.807, 2.05) is 48.5 Å². The van der Waals surface area contributed by atoms with Crippen LogP contribution in [0.25, 0.3) is 0 Å². The van der Waals surface area contributed by atoms with Crippen molar-refractivity contribution in [1.82, 2.24) is 0 Å². The van der Waals surface area contributed by atoms with Gasteiger partial charge in [-0.15, -0.1) is 0 Å². The van der Waals surface area contributed by atoms with Gasteiger partial charge in [0.2, 0.25) is 0 Å². The predicted molar refractivity (Wildman–Crippen MR) is 178 cm³/mol. The summed E-state index contributed by atoms with van der Waals surface area (Å²) < 4.78 is 29.9. The fourth-order valence-electron chi connectivity index (χ4n) is 8.25. The fraction of sp³-hybridized carbons (Fsp3) is 0.921. The number of epoxide rings is 3. The number of esters is 3. The molecule has 4 bridgehead atoms. The molecule has 0 aromatic rings. The van der Waals surface area contributed by atoms with Crippen LogP contribution in [-0.4, -0.2) is 75.9 Å². The Morgan fingerprint density at radius 1 is 0.745 bits per heavy atom. The molecule has 13 unspecified atom stereocenters. The molecule has 9 heteroatoms. The molecule has 8 aliphatic rings. The van der Waals surface area contributed by atoms with E-state index in [0.717, 1.165) is 85.8 Å². The maximum atomic E-state index is 11.0. The van der Waals surface area contributed by atoms with E-state index in [-0.39, 0.29) is 41.3 Å². The van der Waals surface area contributed by atoms with Crippen LogP contribution >= 0.6 is 0 Å². The summed E-state index contributed by atoms with van der Waals surface area (Å²) in [7, 11) is 2.83. The van der Waals surface area contributed by atoms with Crippen molar-refractivity contribution >= 4 is 17.9 Å². The molecular weight excluding hydrogens is 600 g/mol. The summed E-state index contributed by atoms with van der Waals surface area (Å²) in [5.41, 5.74) is -0.311. The van der Waals surface area contributed by atoms with Crippen LogP contribution in [0.2, 0.25) is 0 Å². The van der Waals surface area contributed by atoms with Crippen molar-refractivity contribution < 1.29 is 42.8 Å². The predicted octanol–water partition coefficient (Wildman–Crippen LogP) is 6.78. The van der Waals surface area contributed by atoms with Gasteiger partial charge in [0.25, 0.3) is 0 Å². The smallest absolute Gasteiger partial charge is 0.311 e. The van der Waals surface area contributed by atoms with Gasteiger partial charge in [-0.3, -0.25) is 14.4 Å². The lowest BCUT2D eigenvalue weighted by Crippen LogP contribution is -2.24. The molecule has 0 radical (unpaired) electrons. The molecule has 5 saturated carbocycles. The van der Waals surface area contributed by atoms with Crippen molar-refractivity contribution in [2.75, 3.05) is 27.4 Å². The lowest BCUT2D eigenvalue weighted by molar-refractivity contribution is -0.151. The van der Waals surface area contributed by atoms with Crippen LogP contribution in [0.3, 0.4) is 0 Å². The molecule has 3 heterocycles. The highest BCUT2D eigenvalue weighted by molar-refractivity contribution is 5.75. The third-order valence-corrected chi connectivity index (χ3v) is 12.3. The first-order chi connectivity index (χ1) is 22.4. The van der Waals surface area contributed by atoms with Crippen molar-refractivity contribution in [3.05, 3.63) is 0 Å². The Morgan fingerprint density at radius 3 is 1.72 bits per heavy atom. The highest BCUT2D eigenvalue weighted by Crippen LogP contribution is 2.64. The lowest BCUT2D eigenvalue weighted by Gasteiger charge is -2.25. The fourth-order valence-corrected chi connectivity index (χ4v) is 8.25. The summed E-state index contributed by atoms with van der Waals surface area (Å²) >= 11 is 0. The van der Waals surface area contributed by atoms with Crippen LogP contribution in [0.5, 0.6) is 0 Å². The number of hydrogen-bond donors (Lipinski definition) is 0. The summed E-state index contributed by atoms with van der Waals surface area (Å²) in [5.74, 6) is 6.05. The van der Waals surface area contributed by atoms with Crippen molar-refractivity contribution in [2.24, 2.45) is 52.8 Å². The lowest BCUT2D eigenvalue weighted by atomic mass is 9.81. The van der Waals surface area contributed by atoms with E-state index in [4.69, 9.17) is 18.9 Å². The van der Waals surface area contributed by atoms with Gasteiger partial charge < -0.3 is 28.4 Å². The van der Waals surface area contributed by atoms with Crippen LogP contribution < -0.4 is 0 Å². The molecule has 0 aromatic carbocycles. The van der Waals surface area contributed by atoms with Gasteiger partial charge in [-0.1, -0.05) is 34.6 Å². The quantitative estimate of drug-likeness (QED) is 0.157. The zero-order chi connectivity index (χ0) is 34.5. The molecule has 0 aromatic heterocycles. The number of carbonyl (C=O) groups excluding carboxylic acids is 3. The summed E-state index contributed by atoms with van der Waals surface area (Å²) in [4.78, 5) is 32.4. The Balaban J connectivity index is 0.000000134. The monoisotopic (exact) mass is 664 g/mol. The van der Waals surface area contributed by atoms with Crippen molar-refractivity contribution in [3.63, 3.8) is 0 Å². The van der Waals surface area contributed by atoms with Gasteiger partial charge in [0.15, 0.2) is 0 Å².